The number of benzene rings is 3. The first kappa shape index (κ1) is 20.0. The summed E-state index contributed by atoms with van der Waals surface area (Å²) in [5.74, 6) is 0.643. The number of rotatable bonds is 3. The van der Waals surface area contributed by atoms with E-state index in [-0.39, 0.29) is 0 Å². The van der Waals surface area contributed by atoms with Crippen LogP contribution < -0.4 is 0 Å². The van der Waals surface area contributed by atoms with Gasteiger partial charge in [0.05, 0.1) is 31.6 Å². The Bertz CT molecular complexity index is 1990. The molecule has 0 amide bonds. The van der Waals surface area contributed by atoms with E-state index in [2.05, 4.69) is 45.4 Å². The van der Waals surface area contributed by atoms with Crippen LogP contribution >= 0.6 is 11.3 Å². The summed E-state index contributed by atoms with van der Waals surface area (Å²) in [6.45, 7) is 6.17. The van der Waals surface area contributed by atoms with Crippen molar-refractivity contribution in [2.45, 2.75) is 6.92 Å². The van der Waals surface area contributed by atoms with E-state index in [9.17, 15) is 0 Å². The summed E-state index contributed by atoms with van der Waals surface area (Å²) in [6.07, 6.45) is 11.5. The van der Waals surface area contributed by atoms with Gasteiger partial charge in [-0.25, -0.2) is 9.97 Å². The van der Waals surface area contributed by atoms with Crippen molar-refractivity contribution in [3.8, 4) is 5.95 Å². The summed E-state index contributed by atoms with van der Waals surface area (Å²) < 4.78 is 4.48. The van der Waals surface area contributed by atoms with Gasteiger partial charge < -0.3 is 0 Å². The zero-order chi connectivity index (χ0) is 23.5. The van der Waals surface area contributed by atoms with Crippen LogP contribution in [0, 0.1) is 0 Å². The lowest BCUT2D eigenvalue weighted by Gasteiger charge is -2.09. The Balaban J connectivity index is 1.69. The van der Waals surface area contributed by atoms with Crippen molar-refractivity contribution in [2.24, 2.45) is 0 Å². The Morgan fingerprint density at radius 2 is 1.66 bits per heavy atom. The third-order valence-electron chi connectivity index (χ3n) is 6.46. The number of para-hydroxylation sites is 1. The molecule has 0 aliphatic carbocycles. The van der Waals surface area contributed by atoms with Crippen molar-refractivity contribution in [1.29, 1.82) is 0 Å². The average Bonchev–Trinajstić information content (AvgIpc) is 3.44. The van der Waals surface area contributed by atoms with Gasteiger partial charge in [-0.05, 0) is 25.1 Å². The predicted octanol–water partition coefficient (Wildman–Crippen LogP) is 7.56. The fourth-order valence-electron chi connectivity index (χ4n) is 4.95. The SMILES string of the molecule is C=Cc1c(/C=C\C)n(-c2ncc3ccccc3n2)c2c1ccc1c3ccc4nccnc4c3sc12. The standard InChI is InChI=1S/C29H19N5S/c1-3-7-24-18(4-2)19-10-11-21-20-12-13-23-25(31-15-14-30-23)27(20)35-28(21)26(19)34(24)29-32-16-17-8-5-6-9-22(17)33-29/h3-16H,2H2,1H3/b7-3-. The van der Waals surface area contributed by atoms with Crippen LogP contribution in [0.3, 0.4) is 0 Å². The number of fused-ring (bicyclic) bond motifs is 8. The molecule has 4 aromatic heterocycles. The van der Waals surface area contributed by atoms with E-state index in [0.29, 0.717) is 5.95 Å². The lowest BCUT2D eigenvalue weighted by atomic mass is 10.1. The second-order valence-corrected chi connectivity index (χ2v) is 9.39. The quantitative estimate of drug-likeness (QED) is 0.268. The van der Waals surface area contributed by atoms with Gasteiger partial charge >= 0.3 is 0 Å². The first-order valence-electron chi connectivity index (χ1n) is 11.4. The van der Waals surface area contributed by atoms with Crippen LogP contribution in [0.5, 0.6) is 0 Å². The molecule has 3 aromatic carbocycles. The summed E-state index contributed by atoms with van der Waals surface area (Å²) in [7, 11) is 0. The summed E-state index contributed by atoms with van der Waals surface area (Å²) in [5, 5.41) is 4.51. The number of hydrogen-bond acceptors (Lipinski definition) is 5. The maximum Gasteiger partial charge on any atom is 0.235 e. The molecule has 0 atom stereocenters. The molecule has 0 unspecified atom stereocenters. The van der Waals surface area contributed by atoms with Crippen LogP contribution in [-0.4, -0.2) is 24.5 Å². The highest BCUT2D eigenvalue weighted by Crippen LogP contribution is 2.43. The Morgan fingerprint density at radius 3 is 2.54 bits per heavy atom. The first-order chi connectivity index (χ1) is 17.3. The average molecular weight is 470 g/mol. The number of nitrogens with zero attached hydrogens (tertiary/aromatic N) is 5. The molecule has 0 aliphatic rings. The number of hydrogen-bond donors (Lipinski definition) is 0. The van der Waals surface area contributed by atoms with Gasteiger partial charge in [-0.2, -0.15) is 0 Å². The topological polar surface area (TPSA) is 56.5 Å². The van der Waals surface area contributed by atoms with Gasteiger partial charge in [0, 0.05) is 45.7 Å². The smallest absolute Gasteiger partial charge is 0.235 e. The van der Waals surface area contributed by atoms with Gasteiger partial charge in [-0.3, -0.25) is 14.5 Å². The van der Waals surface area contributed by atoms with Crippen LogP contribution in [0.2, 0.25) is 0 Å². The minimum Gasteiger partial charge on any atom is -0.276 e. The van der Waals surface area contributed by atoms with Gasteiger partial charge in [-0.1, -0.05) is 55.1 Å². The van der Waals surface area contributed by atoms with E-state index in [1.54, 1.807) is 23.7 Å². The van der Waals surface area contributed by atoms with Crippen molar-refractivity contribution in [3.63, 3.8) is 0 Å². The zero-order valence-electron chi connectivity index (χ0n) is 18.9. The van der Waals surface area contributed by atoms with Crippen molar-refractivity contribution in [2.75, 3.05) is 0 Å². The molecule has 0 fully saturated rings. The molecule has 0 saturated heterocycles. The zero-order valence-corrected chi connectivity index (χ0v) is 19.8. The summed E-state index contributed by atoms with van der Waals surface area (Å²) in [4.78, 5) is 18.9. The van der Waals surface area contributed by atoms with Gasteiger partial charge in [0.1, 0.15) is 5.52 Å². The molecule has 7 aromatic rings. The van der Waals surface area contributed by atoms with E-state index in [0.717, 1.165) is 48.8 Å². The van der Waals surface area contributed by atoms with E-state index < -0.39 is 0 Å². The summed E-state index contributed by atoms with van der Waals surface area (Å²) in [5.41, 5.74) is 5.91. The molecule has 5 nitrogen and oxygen atoms in total. The predicted molar refractivity (Wildman–Crippen MR) is 147 cm³/mol. The molecule has 6 heteroatoms. The fourth-order valence-corrected chi connectivity index (χ4v) is 6.28. The molecule has 0 spiro atoms. The highest BCUT2D eigenvalue weighted by Gasteiger charge is 2.21. The minimum atomic E-state index is 0.643. The Morgan fingerprint density at radius 1 is 0.857 bits per heavy atom. The fraction of sp³-hybridized carbons (Fsp3) is 0.0345. The van der Waals surface area contributed by atoms with E-state index in [1.165, 1.54) is 15.5 Å². The molecular formula is C29H19N5S. The number of allylic oxidation sites excluding steroid dienone is 1. The lowest BCUT2D eigenvalue weighted by Crippen LogP contribution is -2.03. The summed E-state index contributed by atoms with van der Waals surface area (Å²) >= 11 is 1.75. The second kappa shape index (κ2) is 7.55. The minimum absolute atomic E-state index is 0.643. The number of aromatic nitrogens is 5. The molecule has 0 radical (unpaired) electrons. The Labute approximate surface area is 204 Å². The third-order valence-corrected chi connectivity index (χ3v) is 7.69. The van der Waals surface area contributed by atoms with Gasteiger partial charge in [0.2, 0.25) is 5.95 Å². The van der Waals surface area contributed by atoms with Gasteiger partial charge in [0.15, 0.2) is 0 Å². The van der Waals surface area contributed by atoms with Gasteiger partial charge in [-0.15, -0.1) is 11.3 Å². The highest BCUT2D eigenvalue weighted by atomic mass is 32.1. The first-order valence-corrected chi connectivity index (χ1v) is 12.2. The Hall–Kier alpha value is -4.42. The van der Waals surface area contributed by atoms with Crippen molar-refractivity contribution in [3.05, 3.63) is 91.0 Å². The molecule has 166 valence electrons. The molecule has 0 saturated carbocycles. The normalized spacial score (nSPS) is 12.1. The monoisotopic (exact) mass is 469 g/mol. The maximum atomic E-state index is 4.96. The van der Waals surface area contributed by atoms with E-state index in [1.807, 2.05) is 55.6 Å². The molecule has 0 aliphatic heterocycles. The molecule has 0 N–H and O–H groups in total. The molecule has 35 heavy (non-hydrogen) atoms. The lowest BCUT2D eigenvalue weighted by molar-refractivity contribution is 0.973. The van der Waals surface area contributed by atoms with Crippen LogP contribution in [0.1, 0.15) is 18.2 Å². The van der Waals surface area contributed by atoms with E-state index in [4.69, 9.17) is 9.97 Å². The third kappa shape index (κ3) is 2.80. The molecular weight excluding hydrogens is 450 g/mol. The van der Waals surface area contributed by atoms with Crippen molar-refractivity contribution in [1.82, 2.24) is 24.5 Å². The second-order valence-electron chi connectivity index (χ2n) is 8.37. The van der Waals surface area contributed by atoms with Crippen LogP contribution in [0.15, 0.2) is 79.8 Å². The maximum absolute atomic E-state index is 4.96. The van der Waals surface area contributed by atoms with Crippen LogP contribution in [-0.2, 0) is 0 Å². The largest absolute Gasteiger partial charge is 0.276 e. The summed E-state index contributed by atoms with van der Waals surface area (Å²) in [6, 6.07) is 16.7. The molecule has 7 rings (SSSR count). The van der Waals surface area contributed by atoms with Crippen LogP contribution in [0.4, 0.5) is 0 Å². The van der Waals surface area contributed by atoms with Crippen molar-refractivity contribution < 1.29 is 0 Å². The van der Waals surface area contributed by atoms with Gasteiger partial charge in [0.25, 0.3) is 0 Å². The Kier molecular flexibility index (Phi) is 4.31. The van der Waals surface area contributed by atoms with E-state index >= 15 is 0 Å². The number of thiophene rings is 1. The molecule has 0 bridgehead atoms. The van der Waals surface area contributed by atoms with Crippen molar-refractivity contribution >= 4 is 76.5 Å². The van der Waals surface area contributed by atoms with Crippen LogP contribution in [0.25, 0.3) is 71.1 Å². The molecule has 4 heterocycles. The highest BCUT2D eigenvalue weighted by molar-refractivity contribution is 7.27.